The Morgan fingerprint density at radius 2 is 1.65 bits per heavy atom. The summed E-state index contributed by atoms with van der Waals surface area (Å²) in [6, 6.07) is 21.4. The highest BCUT2D eigenvalue weighted by Gasteiger charge is 2.31. The second-order valence-corrected chi connectivity index (χ2v) is 8.96. The van der Waals surface area contributed by atoms with Crippen molar-refractivity contribution < 1.29 is 23.9 Å². The van der Waals surface area contributed by atoms with Crippen LogP contribution < -0.4 is 15.4 Å². The molecule has 0 saturated heterocycles. The van der Waals surface area contributed by atoms with Crippen LogP contribution in [0.2, 0.25) is 0 Å². The number of carbonyl (C=O) groups is 3. The van der Waals surface area contributed by atoms with Gasteiger partial charge in [0.1, 0.15) is 11.0 Å². The molecule has 174 valence electrons. The van der Waals surface area contributed by atoms with Gasteiger partial charge in [-0.2, -0.15) is 0 Å². The van der Waals surface area contributed by atoms with Crippen molar-refractivity contribution in [2.75, 3.05) is 17.7 Å². The zero-order chi connectivity index (χ0) is 24.1. The Kier molecular flexibility index (Phi) is 7.18. The van der Waals surface area contributed by atoms with E-state index in [9.17, 15) is 14.4 Å². The Morgan fingerprint density at radius 3 is 2.38 bits per heavy atom. The van der Waals surface area contributed by atoms with Gasteiger partial charge in [-0.15, -0.1) is 11.8 Å². The summed E-state index contributed by atoms with van der Waals surface area (Å²) in [5, 5.41) is 5.16. The lowest BCUT2D eigenvalue weighted by atomic mass is 10.1. The van der Waals surface area contributed by atoms with E-state index in [1.807, 2.05) is 30.3 Å². The molecule has 2 amide bonds. The van der Waals surface area contributed by atoms with Crippen LogP contribution in [0.3, 0.4) is 0 Å². The first-order valence-corrected chi connectivity index (χ1v) is 11.6. The highest BCUT2D eigenvalue weighted by Crippen LogP contribution is 2.37. The first kappa shape index (κ1) is 23.4. The van der Waals surface area contributed by atoms with Crippen molar-refractivity contribution in [2.24, 2.45) is 0 Å². The molecule has 0 aliphatic carbocycles. The van der Waals surface area contributed by atoms with Gasteiger partial charge in [0.25, 0.3) is 11.8 Å². The summed E-state index contributed by atoms with van der Waals surface area (Å²) in [7, 11) is 1.53. The van der Waals surface area contributed by atoms with Crippen LogP contribution in [0.5, 0.6) is 5.75 Å². The largest absolute Gasteiger partial charge is 0.495 e. The lowest BCUT2D eigenvalue weighted by molar-refractivity contribution is -0.152. The van der Waals surface area contributed by atoms with Crippen molar-refractivity contribution in [3.05, 3.63) is 83.9 Å². The fourth-order valence-corrected chi connectivity index (χ4v) is 4.69. The summed E-state index contributed by atoms with van der Waals surface area (Å²) < 4.78 is 10.6. The number of thioether (sulfide) groups is 1. The zero-order valence-electron chi connectivity index (χ0n) is 18.7. The summed E-state index contributed by atoms with van der Waals surface area (Å²) in [5.41, 5.74) is 2.58. The van der Waals surface area contributed by atoms with Crippen LogP contribution in [-0.2, 0) is 20.7 Å². The highest BCUT2D eigenvalue weighted by molar-refractivity contribution is 8.01. The molecule has 34 heavy (non-hydrogen) atoms. The van der Waals surface area contributed by atoms with Crippen LogP contribution in [-0.4, -0.2) is 36.2 Å². The van der Waals surface area contributed by atoms with Crippen molar-refractivity contribution in [3.8, 4) is 5.75 Å². The number of fused-ring (bicyclic) bond motifs is 1. The predicted molar refractivity (Wildman–Crippen MR) is 131 cm³/mol. The van der Waals surface area contributed by atoms with Crippen LogP contribution in [0.15, 0.2) is 77.7 Å². The predicted octanol–water partition coefficient (Wildman–Crippen LogP) is 4.53. The summed E-state index contributed by atoms with van der Waals surface area (Å²) in [6.45, 7) is 1.54. The van der Waals surface area contributed by atoms with E-state index < -0.39 is 18.0 Å². The van der Waals surface area contributed by atoms with Crippen LogP contribution in [0, 0.1) is 0 Å². The van der Waals surface area contributed by atoms with Gasteiger partial charge < -0.3 is 20.1 Å². The molecule has 2 atom stereocenters. The van der Waals surface area contributed by atoms with E-state index in [1.54, 1.807) is 42.5 Å². The number of hydrogen-bond acceptors (Lipinski definition) is 6. The van der Waals surface area contributed by atoms with E-state index in [0.29, 0.717) is 29.1 Å². The molecule has 7 nitrogen and oxygen atoms in total. The SMILES string of the molecule is COc1ccccc1NC(=O)c1ccc(NC(=O)[C@H](C)OC(=O)[C@@H]2Cc3ccccc3S2)cc1. The molecule has 0 radical (unpaired) electrons. The number of ether oxygens (including phenoxy) is 2. The summed E-state index contributed by atoms with van der Waals surface area (Å²) in [6.07, 6.45) is -0.364. The van der Waals surface area contributed by atoms with Crippen LogP contribution in [0.25, 0.3) is 0 Å². The number of amides is 2. The average Bonchev–Trinajstić information content (AvgIpc) is 3.29. The Balaban J connectivity index is 1.30. The van der Waals surface area contributed by atoms with Crippen molar-refractivity contribution in [2.45, 2.75) is 29.6 Å². The maximum atomic E-state index is 12.5. The lowest BCUT2D eigenvalue weighted by Gasteiger charge is -2.16. The minimum Gasteiger partial charge on any atom is -0.495 e. The number of methoxy groups -OCH3 is 1. The van der Waals surface area contributed by atoms with Gasteiger partial charge in [0.15, 0.2) is 6.10 Å². The van der Waals surface area contributed by atoms with Gasteiger partial charge in [-0.25, -0.2) is 0 Å². The van der Waals surface area contributed by atoms with Crippen molar-refractivity contribution >= 4 is 40.9 Å². The minimum absolute atomic E-state index is 0.306. The molecular weight excluding hydrogens is 452 g/mol. The molecule has 4 rings (SSSR count). The summed E-state index contributed by atoms with van der Waals surface area (Å²) in [4.78, 5) is 38.6. The van der Waals surface area contributed by atoms with E-state index >= 15 is 0 Å². The number of carbonyl (C=O) groups excluding carboxylic acids is 3. The molecule has 1 aliphatic heterocycles. The molecule has 3 aromatic carbocycles. The fraction of sp³-hybridized carbons (Fsp3) is 0.192. The third-order valence-electron chi connectivity index (χ3n) is 5.34. The normalized spacial score (nSPS) is 15.1. The molecule has 1 heterocycles. The van der Waals surface area contributed by atoms with Gasteiger partial charge in [-0.3, -0.25) is 14.4 Å². The van der Waals surface area contributed by atoms with Gasteiger partial charge in [0, 0.05) is 16.1 Å². The summed E-state index contributed by atoms with van der Waals surface area (Å²) in [5.74, 6) is -0.602. The van der Waals surface area contributed by atoms with Gasteiger partial charge in [0.05, 0.1) is 12.8 Å². The molecule has 1 aliphatic rings. The van der Waals surface area contributed by atoms with E-state index in [2.05, 4.69) is 10.6 Å². The Morgan fingerprint density at radius 1 is 0.941 bits per heavy atom. The average molecular weight is 477 g/mol. The molecule has 0 fully saturated rings. The maximum absolute atomic E-state index is 12.5. The third kappa shape index (κ3) is 5.40. The Bertz CT molecular complexity index is 1190. The van der Waals surface area contributed by atoms with E-state index in [4.69, 9.17) is 9.47 Å². The van der Waals surface area contributed by atoms with E-state index in [-0.39, 0.29) is 11.2 Å². The smallest absolute Gasteiger partial charge is 0.320 e. The first-order valence-electron chi connectivity index (χ1n) is 10.7. The topological polar surface area (TPSA) is 93.7 Å². The maximum Gasteiger partial charge on any atom is 0.320 e. The first-order chi connectivity index (χ1) is 16.4. The van der Waals surface area contributed by atoms with Gasteiger partial charge in [0.2, 0.25) is 0 Å². The van der Waals surface area contributed by atoms with Crippen LogP contribution >= 0.6 is 11.8 Å². The second-order valence-electron chi connectivity index (χ2n) is 7.72. The third-order valence-corrected chi connectivity index (χ3v) is 6.64. The summed E-state index contributed by atoms with van der Waals surface area (Å²) >= 11 is 1.46. The van der Waals surface area contributed by atoms with Gasteiger partial charge in [-0.05, 0) is 61.4 Å². The standard InChI is InChI=1S/C26H24N2O5S/c1-16(33-26(31)23-15-18-7-3-6-10-22(18)34-23)24(29)27-19-13-11-17(12-14-19)25(30)28-20-8-4-5-9-21(20)32-2/h3-14,16,23H,15H2,1-2H3,(H,27,29)(H,28,30)/t16-,23-/m0/s1. The molecule has 0 saturated carbocycles. The lowest BCUT2D eigenvalue weighted by Crippen LogP contribution is -2.33. The fourth-order valence-electron chi connectivity index (χ4n) is 3.51. The monoisotopic (exact) mass is 476 g/mol. The molecule has 8 heteroatoms. The van der Waals surface area contributed by atoms with Gasteiger partial charge >= 0.3 is 5.97 Å². The number of hydrogen-bond donors (Lipinski definition) is 2. The molecule has 0 unspecified atom stereocenters. The Hall–Kier alpha value is -3.78. The highest BCUT2D eigenvalue weighted by atomic mass is 32.2. The zero-order valence-corrected chi connectivity index (χ0v) is 19.6. The van der Waals surface area contributed by atoms with E-state index in [1.165, 1.54) is 25.8 Å². The molecule has 0 aromatic heterocycles. The number of benzene rings is 3. The number of nitrogens with one attached hydrogen (secondary N) is 2. The quantitative estimate of drug-likeness (QED) is 0.487. The second kappa shape index (κ2) is 10.4. The van der Waals surface area contributed by atoms with Crippen molar-refractivity contribution in [3.63, 3.8) is 0 Å². The molecule has 0 bridgehead atoms. The number of rotatable bonds is 7. The number of esters is 1. The van der Waals surface area contributed by atoms with Gasteiger partial charge in [-0.1, -0.05) is 30.3 Å². The van der Waals surface area contributed by atoms with Crippen molar-refractivity contribution in [1.82, 2.24) is 0 Å². The molecule has 3 aromatic rings. The Labute approximate surface area is 201 Å². The van der Waals surface area contributed by atoms with Crippen LogP contribution in [0.1, 0.15) is 22.8 Å². The number of anilines is 2. The van der Waals surface area contributed by atoms with Crippen molar-refractivity contribution in [1.29, 1.82) is 0 Å². The van der Waals surface area contributed by atoms with Crippen LogP contribution in [0.4, 0.5) is 11.4 Å². The molecular formula is C26H24N2O5S. The molecule has 2 N–H and O–H groups in total. The van der Waals surface area contributed by atoms with E-state index in [0.717, 1.165) is 10.5 Å². The number of para-hydroxylation sites is 2. The molecule has 0 spiro atoms. The minimum atomic E-state index is -0.953.